The molecule has 0 amide bonds. The number of benzene rings is 3. The van der Waals surface area contributed by atoms with Crippen LogP contribution in [0.4, 0.5) is 11.4 Å². The van der Waals surface area contributed by atoms with Crippen molar-refractivity contribution in [2.45, 2.75) is 11.8 Å². The molecule has 33 heavy (non-hydrogen) atoms. The van der Waals surface area contributed by atoms with Crippen molar-refractivity contribution in [1.82, 2.24) is 9.55 Å². The van der Waals surface area contributed by atoms with Crippen LogP contribution in [0, 0.1) is 17.0 Å². The molecule has 4 aromatic rings. The molecule has 3 aromatic carbocycles. The van der Waals surface area contributed by atoms with Crippen LogP contribution in [0.5, 0.6) is 0 Å². The summed E-state index contributed by atoms with van der Waals surface area (Å²) in [6.45, 7) is 1.83. The van der Waals surface area contributed by atoms with E-state index in [4.69, 9.17) is 0 Å². The number of hydrogen-bond donors (Lipinski definition) is 1. The molecule has 0 aliphatic carbocycles. The number of aromatic nitrogens is 2. The third kappa shape index (κ3) is 4.34. The minimum Gasteiger partial charge on any atom is -0.280 e. The molecule has 0 spiro atoms. The number of fused-ring (bicyclic) bond motifs is 1. The molecule has 11 heteroatoms. The number of rotatable bonds is 5. The zero-order valence-electron chi connectivity index (χ0n) is 17.1. The molecular formula is C22H16N4O6S. The summed E-state index contributed by atoms with van der Waals surface area (Å²) in [5, 5.41) is 11.0. The van der Waals surface area contributed by atoms with Crippen LogP contribution in [0.3, 0.4) is 0 Å². The highest BCUT2D eigenvalue weighted by atomic mass is 32.2. The zero-order chi connectivity index (χ0) is 23.8. The van der Waals surface area contributed by atoms with Gasteiger partial charge in [0.1, 0.15) is 6.33 Å². The molecule has 0 atom stereocenters. The van der Waals surface area contributed by atoms with Crippen molar-refractivity contribution >= 4 is 38.2 Å². The number of carbonyl (C=O) groups excluding carboxylic acids is 1. The van der Waals surface area contributed by atoms with Crippen LogP contribution in [0.1, 0.15) is 15.9 Å². The number of hydrogen-bond acceptors (Lipinski definition) is 7. The maximum Gasteiger partial charge on any atom is 0.270 e. The van der Waals surface area contributed by atoms with Gasteiger partial charge in [-0.05, 0) is 43.3 Å². The van der Waals surface area contributed by atoms with E-state index in [0.29, 0.717) is 0 Å². The molecule has 0 radical (unpaired) electrons. The third-order valence-electron chi connectivity index (χ3n) is 4.86. The number of nitro groups is 1. The number of nitrogens with one attached hydrogen (secondary N) is 1. The van der Waals surface area contributed by atoms with E-state index in [1.165, 1.54) is 48.5 Å². The summed E-state index contributed by atoms with van der Waals surface area (Å²) in [5.41, 5.74) is 0.163. The Morgan fingerprint density at radius 1 is 1.06 bits per heavy atom. The largest absolute Gasteiger partial charge is 0.280 e. The van der Waals surface area contributed by atoms with Crippen molar-refractivity contribution in [3.05, 3.63) is 105 Å². The standard InChI is InChI=1S/C22H16N4O6S/c1-14-5-8-18(9-6-14)33(31,32)24-16-7-10-20-19(12-16)22(28)25(13-23-20)21(27)15-3-2-4-17(11-15)26(29)30/h2-13,24H,1H3. The van der Waals surface area contributed by atoms with Gasteiger partial charge >= 0.3 is 0 Å². The Morgan fingerprint density at radius 2 is 1.79 bits per heavy atom. The Kier molecular flexibility index (Phi) is 5.48. The number of sulfonamides is 1. The fourth-order valence-corrected chi connectivity index (χ4v) is 4.20. The molecule has 10 nitrogen and oxygen atoms in total. The van der Waals surface area contributed by atoms with Crippen LogP contribution in [0.15, 0.2) is 82.7 Å². The van der Waals surface area contributed by atoms with Gasteiger partial charge in [0.05, 0.1) is 20.7 Å². The van der Waals surface area contributed by atoms with Crippen LogP contribution < -0.4 is 10.3 Å². The Balaban J connectivity index is 1.72. The Bertz CT molecular complexity index is 1580. The average molecular weight is 464 g/mol. The predicted octanol–water partition coefficient (Wildman–Crippen LogP) is 3.10. The van der Waals surface area contributed by atoms with Crippen molar-refractivity contribution in [3.8, 4) is 0 Å². The van der Waals surface area contributed by atoms with E-state index in [1.807, 2.05) is 6.92 Å². The lowest BCUT2D eigenvalue weighted by molar-refractivity contribution is -0.384. The smallest absolute Gasteiger partial charge is 0.270 e. The molecule has 166 valence electrons. The minimum absolute atomic E-state index is 0.000358. The maximum absolute atomic E-state index is 13.0. The summed E-state index contributed by atoms with van der Waals surface area (Å²) in [6.07, 6.45) is 1.03. The van der Waals surface area contributed by atoms with Gasteiger partial charge in [-0.3, -0.25) is 24.4 Å². The van der Waals surface area contributed by atoms with E-state index in [9.17, 15) is 28.1 Å². The Morgan fingerprint density at radius 3 is 2.48 bits per heavy atom. The second kappa shape index (κ2) is 8.28. The second-order valence-corrected chi connectivity index (χ2v) is 8.87. The van der Waals surface area contributed by atoms with Gasteiger partial charge in [-0.25, -0.2) is 18.0 Å². The van der Waals surface area contributed by atoms with Crippen LogP contribution >= 0.6 is 0 Å². The highest BCUT2D eigenvalue weighted by molar-refractivity contribution is 7.92. The van der Waals surface area contributed by atoms with E-state index in [1.54, 1.807) is 12.1 Å². The van der Waals surface area contributed by atoms with E-state index < -0.39 is 26.4 Å². The molecule has 0 aliphatic rings. The Hall–Kier alpha value is -4.38. The molecule has 0 fully saturated rings. The molecule has 1 heterocycles. The van der Waals surface area contributed by atoms with Gasteiger partial charge in [0.25, 0.3) is 27.2 Å². The van der Waals surface area contributed by atoms with Crippen molar-refractivity contribution in [2.75, 3.05) is 4.72 Å². The highest BCUT2D eigenvalue weighted by Crippen LogP contribution is 2.20. The number of anilines is 1. The van der Waals surface area contributed by atoms with Gasteiger partial charge in [0, 0.05) is 23.4 Å². The number of carbonyl (C=O) groups is 1. The normalized spacial score (nSPS) is 11.3. The van der Waals surface area contributed by atoms with Crippen LogP contribution in [0.2, 0.25) is 0 Å². The Labute approximate surface area is 187 Å². The molecule has 0 saturated carbocycles. The van der Waals surface area contributed by atoms with Crippen molar-refractivity contribution in [2.24, 2.45) is 0 Å². The summed E-state index contributed by atoms with van der Waals surface area (Å²) >= 11 is 0. The first-order valence-electron chi connectivity index (χ1n) is 9.56. The summed E-state index contributed by atoms with van der Waals surface area (Å²) in [4.78, 5) is 40.2. The first-order chi connectivity index (χ1) is 15.7. The first-order valence-corrected chi connectivity index (χ1v) is 11.0. The molecule has 1 N–H and O–H groups in total. The van der Waals surface area contributed by atoms with E-state index in [2.05, 4.69) is 9.71 Å². The molecule has 0 unspecified atom stereocenters. The van der Waals surface area contributed by atoms with E-state index in [0.717, 1.165) is 22.5 Å². The lowest BCUT2D eigenvalue weighted by Crippen LogP contribution is -2.27. The summed E-state index contributed by atoms with van der Waals surface area (Å²) < 4.78 is 28.5. The molecule has 1 aromatic heterocycles. The molecule has 0 bridgehead atoms. The minimum atomic E-state index is -3.90. The molecular weight excluding hydrogens is 448 g/mol. The lowest BCUT2D eigenvalue weighted by Gasteiger charge is -2.10. The maximum atomic E-state index is 13.0. The average Bonchev–Trinajstić information content (AvgIpc) is 2.79. The highest BCUT2D eigenvalue weighted by Gasteiger charge is 2.18. The topological polar surface area (TPSA) is 141 Å². The SMILES string of the molecule is Cc1ccc(S(=O)(=O)Nc2ccc3ncn(C(=O)c4cccc([N+](=O)[O-])c4)c(=O)c3c2)cc1. The monoisotopic (exact) mass is 464 g/mol. The number of nitro benzene ring substituents is 1. The van der Waals surface area contributed by atoms with Crippen molar-refractivity contribution < 1.29 is 18.1 Å². The second-order valence-electron chi connectivity index (χ2n) is 7.18. The van der Waals surface area contributed by atoms with Gasteiger partial charge in [-0.15, -0.1) is 0 Å². The van der Waals surface area contributed by atoms with Gasteiger partial charge in [0.2, 0.25) is 0 Å². The van der Waals surface area contributed by atoms with Gasteiger partial charge in [-0.1, -0.05) is 23.8 Å². The van der Waals surface area contributed by atoms with Gasteiger partial charge < -0.3 is 0 Å². The number of aryl methyl sites for hydroxylation is 1. The summed E-state index contributed by atoms with van der Waals surface area (Å²) in [7, 11) is -3.90. The molecule has 0 aliphatic heterocycles. The van der Waals surface area contributed by atoms with E-state index in [-0.39, 0.29) is 32.7 Å². The molecule has 4 rings (SSSR count). The van der Waals surface area contributed by atoms with Gasteiger partial charge in [0.15, 0.2) is 0 Å². The molecule has 0 saturated heterocycles. The van der Waals surface area contributed by atoms with Crippen LogP contribution in [-0.4, -0.2) is 28.8 Å². The number of nitrogens with zero attached hydrogens (tertiary/aromatic N) is 3. The predicted molar refractivity (Wildman–Crippen MR) is 121 cm³/mol. The fraction of sp³-hybridized carbons (Fsp3) is 0.0455. The van der Waals surface area contributed by atoms with Crippen molar-refractivity contribution in [3.63, 3.8) is 0 Å². The lowest BCUT2D eigenvalue weighted by atomic mass is 10.2. The van der Waals surface area contributed by atoms with Crippen LogP contribution in [-0.2, 0) is 10.0 Å². The fourth-order valence-electron chi connectivity index (χ4n) is 3.15. The quantitative estimate of drug-likeness (QED) is 0.353. The summed E-state index contributed by atoms with van der Waals surface area (Å²) in [6, 6.07) is 15.4. The van der Waals surface area contributed by atoms with E-state index >= 15 is 0 Å². The van der Waals surface area contributed by atoms with Crippen molar-refractivity contribution in [1.29, 1.82) is 0 Å². The third-order valence-corrected chi connectivity index (χ3v) is 6.26. The number of non-ortho nitro benzene ring substituents is 1. The van der Waals surface area contributed by atoms with Gasteiger partial charge in [-0.2, -0.15) is 0 Å². The van der Waals surface area contributed by atoms with Crippen LogP contribution in [0.25, 0.3) is 10.9 Å². The summed E-state index contributed by atoms with van der Waals surface area (Å²) in [5.74, 6) is -0.802. The first kappa shape index (κ1) is 21.8. The zero-order valence-corrected chi connectivity index (χ0v) is 17.9.